The minimum absolute atomic E-state index is 0.413. The molecule has 17 heavy (non-hydrogen) atoms. The first-order chi connectivity index (χ1) is 8.42. The summed E-state index contributed by atoms with van der Waals surface area (Å²) in [6, 6.07) is 4.41. The van der Waals surface area contributed by atoms with Crippen LogP contribution in [0.5, 0.6) is 0 Å². The van der Waals surface area contributed by atoms with Gasteiger partial charge < -0.3 is 10.1 Å². The van der Waals surface area contributed by atoms with Crippen LogP contribution in [0.15, 0.2) is 37.1 Å². The van der Waals surface area contributed by atoms with Gasteiger partial charge in [-0.15, -0.1) is 0 Å². The minimum Gasteiger partial charge on any atom is -0.379 e. The molecule has 2 aromatic rings. The molecule has 1 fully saturated rings. The molecule has 0 aliphatic carbocycles. The van der Waals surface area contributed by atoms with Crippen LogP contribution in [0.2, 0.25) is 0 Å². The molecule has 5 heteroatoms. The smallest absolute Gasteiger partial charge is 0.137 e. The number of anilines is 1. The molecule has 2 aromatic heterocycles. The molecule has 88 valence electrons. The van der Waals surface area contributed by atoms with Crippen LogP contribution in [0.3, 0.4) is 0 Å². The molecule has 0 spiro atoms. The van der Waals surface area contributed by atoms with Crippen molar-refractivity contribution in [3.8, 4) is 5.82 Å². The maximum Gasteiger partial charge on any atom is 0.137 e. The van der Waals surface area contributed by atoms with Crippen molar-refractivity contribution in [2.75, 3.05) is 18.5 Å². The Morgan fingerprint density at radius 1 is 1.41 bits per heavy atom. The van der Waals surface area contributed by atoms with Gasteiger partial charge in [-0.3, -0.25) is 4.57 Å². The number of rotatable bonds is 3. The van der Waals surface area contributed by atoms with Crippen LogP contribution < -0.4 is 5.32 Å². The molecule has 0 bridgehead atoms. The number of hydrogen-bond donors (Lipinski definition) is 1. The van der Waals surface area contributed by atoms with Crippen LogP contribution in [0.4, 0.5) is 5.69 Å². The lowest BCUT2D eigenvalue weighted by atomic mass is 10.2. The van der Waals surface area contributed by atoms with E-state index in [0.29, 0.717) is 6.04 Å². The summed E-state index contributed by atoms with van der Waals surface area (Å²) in [4.78, 5) is 8.38. The summed E-state index contributed by atoms with van der Waals surface area (Å²) in [6.45, 7) is 1.63. The Labute approximate surface area is 99.5 Å². The van der Waals surface area contributed by atoms with Gasteiger partial charge in [0.2, 0.25) is 0 Å². The van der Waals surface area contributed by atoms with Gasteiger partial charge in [-0.05, 0) is 18.6 Å². The van der Waals surface area contributed by atoms with E-state index < -0.39 is 0 Å². The molecule has 1 aliphatic rings. The Balaban J connectivity index is 1.71. The third-order valence-electron chi connectivity index (χ3n) is 2.82. The first-order valence-electron chi connectivity index (χ1n) is 5.70. The molecule has 3 rings (SSSR count). The van der Waals surface area contributed by atoms with E-state index in [9.17, 15) is 0 Å². The number of hydrogen-bond acceptors (Lipinski definition) is 4. The molecule has 1 saturated heterocycles. The molecule has 1 unspecified atom stereocenters. The maximum atomic E-state index is 5.32. The van der Waals surface area contributed by atoms with Crippen molar-refractivity contribution in [3.05, 3.63) is 37.1 Å². The van der Waals surface area contributed by atoms with Crippen LogP contribution in [0.1, 0.15) is 6.42 Å². The molecule has 1 aliphatic heterocycles. The Morgan fingerprint density at radius 2 is 2.41 bits per heavy atom. The Morgan fingerprint density at radius 3 is 3.06 bits per heavy atom. The van der Waals surface area contributed by atoms with Gasteiger partial charge in [0.15, 0.2) is 0 Å². The van der Waals surface area contributed by atoms with Crippen molar-refractivity contribution in [2.45, 2.75) is 12.5 Å². The van der Waals surface area contributed by atoms with E-state index in [4.69, 9.17) is 4.74 Å². The maximum absolute atomic E-state index is 5.32. The number of nitrogens with one attached hydrogen (secondary N) is 1. The van der Waals surface area contributed by atoms with Crippen molar-refractivity contribution in [2.24, 2.45) is 0 Å². The van der Waals surface area contributed by atoms with Crippen molar-refractivity contribution in [1.82, 2.24) is 14.5 Å². The van der Waals surface area contributed by atoms with Crippen LogP contribution >= 0.6 is 0 Å². The summed E-state index contributed by atoms with van der Waals surface area (Å²) in [5, 5.41) is 3.40. The number of aromatic nitrogens is 3. The molecule has 0 amide bonds. The second-order valence-corrected chi connectivity index (χ2v) is 4.08. The van der Waals surface area contributed by atoms with Crippen LogP contribution in [-0.4, -0.2) is 33.8 Å². The Kier molecular flexibility index (Phi) is 2.75. The van der Waals surface area contributed by atoms with Gasteiger partial charge >= 0.3 is 0 Å². The second kappa shape index (κ2) is 4.55. The normalized spacial score (nSPS) is 19.4. The number of ether oxygens (including phenoxy) is 1. The monoisotopic (exact) mass is 230 g/mol. The molecule has 0 aromatic carbocycles. The first-order valence-corrected chi connectivity index (χ1v) is 5.70. The molecule has 5 nitrogen and oxygen atoms in total. The van der Waals surface area contributed by atoms with E-state index >= 15 is 0 Å². The highest BCUT2D eigenvalue weighted by atomic mass is 16.5. The molecule has 1 N–H and O–H groups in total. The molecular weight excluding hydrogens is 216 g/mol. The molecular formula is C12H14N4O. The highest BCUT2D eigenvalue weighted by molar-refractivity contribution is 5.44. The van der Waals surface area contributed by atoms with Crippen molar-refractivity contribution in [3.63, 3.8) is 0 Å². The highest BCUT2D eigenvalue weighted by Gasteiger charge is 2.14. The largest absolute Gasteiger partial charge is 0.379 e. The minimum atomic E-state index is 0.413. The fourth-order valence-electron chi connectivity index (χ4n) is 1.90. The average molecular weight is 230 g/mol. The summed E-state index contributed by atoms with van der Waals surface area (Å²) in [7, 11) is 0. The van der Waals surface area contributed by atoms with E-state index in [1.165, 1.54) is 0 Å². The summed E-state index contributed by atoms with van der Waals surface area (Å²) in [5.74, 6) is 0.871. The number of pyridine rings is 1. The lowest BCUT2D eigenvalue weighted by Gasteiger charge is -2.12. The predicted octanol–water partition coefficient (Wildman–Crippen LogP) is 1.47. The van der Waals surface area contributed by atoms with Crippen molar-refractivity contribution in [1.29, 1.82) is 0 Å². The number of imidazole rings is 1. The summed E-state index contributed by atoms with van der Waals surface area (Å²) >= 11 is 0. The van der Waals surface area contributed by atoms with E-state index in [2.05, 4.69) is 15.3 Å². The zero-order valence-corrected chi connectivity index (χ0v) is 9.41. The fraction of sp³-hybridized carbons (Fsp3) is 0.333. The van der Waals surface area contributed by atoms with Gasteiger partial charge in [0.1, 0.15) is 12.1 Å². The van der Waals surface area contributed by atoms with E-state index in [1.807, 2.05) is 29.1 Å². The van der Waals surface area contributed by atoms with Crippen molar-refractivity contribution < 1.29 is 4.74 Å². The quantitative estimate of drug-likeness (QED) is 0.867. The second-order valence-electron chi connectivity index (χ2n) is 4.08. The van der Waals surface area contributed by atoms with Crippen LogP contribution in [-0.2, 0) is 4.74 Å². The zero-order valence-electron chi connectivity index (χ0n) is 9.41. The Hall–Kier alpha value is -1.88. The summed E-state index contributed by atoms with van der Waals surface area (Å²) in [5.41, 5.74) is 1.03. The SMILES string of the molecule is c1cn(-c2ccc(NC3CCOC3)cn2)cn1. The Bertz CT molecular complexity index is 460. The van der Waals surface area contributed by atoms with Crippen LogP contribution in [0, 0.1) is 0 Å². The standard InChI is InChI=1S/C12H14N4O/c1-2-12(16-5-4-13-9-16)14-7-10(1)15-11-3-6-17-8-11/h1-2,4-5,7,9,11,15H,3,6,8H2. The first kappa shape index (κ1) is 10.3. The predicted molar refractivity (Wildman–Crippen MR) is 64.2 cm³/mol. The van der Waals surface area contributed by atoms with Crippen molar-refractivity contribution >= 4 is 5.69 Å². The number of nitrogens with zero attached hydrogens (tertiary/aromatic N) is 3. The summed E-state index contributed by atoms with van der Waals surface area (Å²) < 4.78 is 7.19. The average Bonchev–Trinajstić information content (AvgIpc) is 3.01. The van der Waals surface area contributed by atoms with Gasteiger partial charge in [-0.2, -0.15) is 0 Å². The van der Waals surface area contributed by atoms with E-state index in [-0.39, 0.29) is 0 Å². The van der Waals surface area contributed by atoms with Gasteiger partial charge in [-0.25, -0.2) is 9.97 Å². The topological polar surface area (TPSA) is 52.0 Å². The van der Waals surface area contributed by atoms with Crippen LogP contribution in [0.25, 0.3) is 5.82 Å². The molecule has 3 heterocycles. The molecule has 0 saturated carbocycles. The molecule has 0 radical (unpaired) electrons. The van der Waals surface area contributed by atoms with E-state index in [1.54, 1.807) is 12.5 Å². The van der Waals surface area contributed by atoms with Gasteiger partial charge in [0, 0.05) is 19.0 Å². The van der Waals surface area contributed by atoms with E-state index in [0.717, 1.165) is 31.1 Å². The lowest BCUT2D eigenvalue weighted by Crippen LogP contribution is -2.18. The lowest BCUT2D eigenvalue weighted by molar-refractivity contribution is 0.195. The zero-order chi connectivity index (χ0) is 11.5. The third kappa shape index (κ3) is 2.29. The third-order valence-corrected chi connectivity index (χ3v) is 2.82. The summed E-state index contributed by atoms with van der Waals surface area (Å²) in [6.07, 6.45) is 8.25. The molecule has 1 atom stereocenters. The highest BCUT2D eigenvalue weighted by Crippen LogP contribution is 2.14. The van der Waals surface area contributed by atoms with Gasteiger partial charge in [0.05, 0.1) is 24.5 Å². The van der Waals surface area contributed by atoms with Gasteiger partial charge in [-0.1, -0.05) is 0 Å². The van der Waals surface area contributed by atoms with Gasteiger partial charge in [0.25, 0.3) is 0 Å². The fourth-order valence-corrected chi connectivity index (χ4v) is 1.90.